The van der Waals surface area contributed by atoms with E-state index in [1.807, 2.05) is 37.3 Å². The Kier molecular flexibility index (Phi) is 6.08. The molecule has 30 heavy (non-hydrogen) atoms. The average molecular weight is 431 g/mol. The van der Waals surface area contributed by atoms with Crippen LogP contribution in [0.15, 0.2) is 40.9 Å². The molecule has 2 atom stereocenters. The maximum absolute atomic E-state index is 6.37. The van der Waals surface area contributed by atoms with E-state index >= 15 is 0 Å². The highest BCUT2D eigenvalue weighted by atomic mass is 35.5. The third kappa shape index (κ3) is 4.07. The number of rotatable bonds is 7. The number of ether oxygens (including phenoxy) is 3. The number of nitrogens with one attached hydrogen (secondary N) is 2. The quantitative estimate of drug-likeness (QED) is 0.585. The molecule has 0 saturated carbocycles. The lowest BCUT2D eigenvalue weighted by Gasteiger charge is -2.17. The van der Waals surface area contributed by atoms with Crippen molar-refractivity contribution in [1.29, 1.82) is 0 Å². The summed E-state index contributed by atoms with van der Waals surface area (Å²) in [5, 5.41) is 4.73. The van der Waals surface area contributed by atoms with Crippen LogP contribution in [0.2, 0.25) is 5.02 Å². The van der Waals surface area contributed by atoms with Gasteiger partial charge >= 0.3 is 0 Å². The van der Waals surface area contributed by atoms with Crippen LogP contribution in [-0.4, -0.2) is 37.5 Å². The lowest BCUT2D eigenvalue weighted by atomic mass is 9.95. The van der Waals surface area contributed by atoms with E-state index < -0.39 is 0 Å². The van der Waals surface area contributed by atoms with Crippen molar-refractivity contribution in [3.05, 3.63) is 52.9 Å². The van der Waals surface area contributed by atoms with Gasteiger partial charge in [-0.1, -0.05) is 22.8 Å². The van der Waals surface area contributed by atoms with Gasteiger partial charge in [0.15, 0.2) is 0 Å². The predicted octanol–water partition coefficient (Wildman–Crippen LogP) is 3.74. The van der Waals surface area contributed by atoms with Crippen molar-refractivity contribution in [2.45, 2.75) is 18.9 Å². The molecule has 1 saturated heterocycles. The number of hydrazine groups is 1. The topological polar surface area (TPSA) is 90.7 Å². The molecular formula is C21H23ClN4O4. The molecule has 0 bridgehead atoms. The number of hydrogen-bond acceptors (Lipinski definition) is 8. The van der Waals surface area contributed by atoms with E-state index in [2.05, 4.69) is 21.0 Å². The summed E-state index contributed by atoms with van der Waals surface area (Å²) >= 11 is 6.37. The molecule has 2 unspecified atom stereocenters. The van der Waals surface area contributed by atoms with Gasteiger partial charge < -0.3 is 18.7 Å². The van der Waals surface area contributed by atoms with Gasteiger partial charge in [0.05, 0.1) is 37.8 Å². The minimum atomic E-state index is -0.0775. The summed E-state index contributed by atoms with van der Waals surface area (Å²) in [6, 6.07) is 11.2. The van der Waals surface area contributed by atoms with Crippen LogP contribution in [0, 0.1) is 0 Å². The minimum Gasteiger partial charge on any atom is -0.497 e. The van der Waals surface area contributed by atoms with Gasteiger partial charge in [-0.25, -0.2) is 5.43 Å². The van der Waals surface area contributed by atoms with Crippen LogP contribution in [0.4, 0.5) is 0 Å². The van der Waals surface area contributed by atoms with Gasteiger partial charge in [0, 0.05) is 18.2 Å². The number of hydrogen-bond donors (Lipinski definition) is 2. The Balaban J connectivity index is 1.61. The monoisotopic (exact) mass is 430 g/mol. The van der Waals surface area contributed by atoms with E-state index in [1.165, 1.54) is 0 Å². The largest absolute Gasteiger partial charge is 0.497 e. The summed E-state index contributed by atoms with van der Waals surface area (Å²) in [4.78, 5) is 4.63. The Hall–Kier alpha value is -2.81. The van der Waals surface area contributed by atoms with Gasteiger partial charge in [-0.05, 0) is 36.8 Å². The first-order chi connectivity index (χ1) is 14.6. The Morgan fingerprint density at radius 1 is 1.13 bits per heavy atom. The molecule has 0 amide bonds. The third-order valence-electron chi connectivity index (χ3n) is 4.97. The Morgan fingerprint density at radius 2 is 1.90 bits per heavy atom. The standard InChI is InChI=1S/C21H23ClN4O4/c1-4-29-18-6-5-12(9-17(18)22)19-16(11-23-25-19)21-24-20(26-30-21)13-7-14(27-2)10-15(8-13)28-3/h5-10,16,19,23,25H,4,11H2,1-3H3. The normalized spacial score (nSPS) is 18.4. The molecule has 3 aromatic rings. The van der Waals surface area contributed by atoms with Gasteiger partial charge in [0.1, 0.15) is 17.2 Å². The fourth-order valence-electron chi connectivity index (χ4n) is 3.47. The highest BCUT2D eigenvalue weighted by Gasteiger charge is 2.34. The number of aromatic nitrogens is 2. The van der Waals surface area contributed by atoms with Crippen LogP contribution in [0.5, 0.6) is 17.2 Å². The molecule has 8 nitrogen and oxygen atoms in total. The van der Waals surface area contributed by atoms with Crippen LogP contribution in [0.1, 0.15) is 30.3 Å². The van der Waals surface area contributed by atoms with Crippen LogP contribution in [-0.2, 0) is 0 Å². The van der Waals surface area contributed by atoms with E-state index in [9.17, 15) is 0 Å². The van der Waals surface area contributed by atoms with E-state index in [-0.39, 0.29) is 12.0 Å². The first kappa shape index (κ1) is 20.5. The summed E-state index contributed by atoms with van der Waals surface area (Å²) in [7, 11) is 3.20. The summed E-state index contributed by atoms with van der Waals surface area (Å²) in [6.07, 6.45) is 0. The number of nitrogens with zero attached hydrogens (tertiary/aromatic N) is 2. The summed E-state index contributed by atoms with van der Waals surface area (Å²) in [5.41, 5.74) is 8.19. The van der Waals surface area contributed by atoms with E-state index in [1.54, 1.807) is 20.3 Å². The molecule has 2 heterocycles. The molecule has 1 aliphatic heterocycles. The average Bonchev–Trinajstić information content (AvgIpc) is 3.44. The van der Waals surface area contributed by atoms with E-state index in [0.717, 1.165) is 11.1 Å². The van der Waals surface area contributed by atoms with Crippen molar-refractivity contribution >= 4 is 11.6 Å². The molecular weight excluding hydrogens is 408 g/mol. The SMILES string of the molecule is CCOc1ccc(C2NNCC2c2nc(-c3cc(OC)cc(OC)c3)no2)cc1Cl. The highest BCUT2D eigenvalue weighted by molar-refractivity contribution is 6.32. The minimum absolute atomic E-state index is 0.0623. The molecule has 158 valence electrons. The van der Waals surface area contributed by atoms with Crippen molar-refractivity contribution in [1.82, 2.24) is 21.0 Å². The molecule has 2 aromatic carbocycles. The van der Waals surface area contributed by atoms with Crippen LogP contribution >= 0.6 is 11.6 Å². The molecule has 4 rings (SSSR count). The lowest BCUT2D eigenvalue weighted by Crippen LogP contribution is -2.24. The number of benzene rings is 2. The first-order valence-corrected chi connectivity index (χ1v) is 9.98. The lowest BCUT2D eigenvalue weighted by molar-refractivity contribution is 0.339. The molecule has 1 aliphatic rings. The number of methoxy groups -OCH3 is 2. The fraction of sp³-hybridized carbons (Fsp3) is 0.333. The summed E-state index contributed by atoms with van der Waals surface area (Å²) in [5.74, 6) is 2.91. The fourth-order valence-corrected chi connectivity index (χ4v) is 3.71. The smallest absolute Gasteiger partial charge is 0.233 e. The Morgan fingerprint density at radius 3 is 2.57 bits per heavy atom. The second kappa shape index (κ2) is 8.91. The van der Waals surface area contributed by atoms with Crippen LogP contribution in [0.3, 0.4) is 0 Å². The van der Waals surface area contributed by atoms with Crippen molar-refractivity contribution in [2.75, 3.05) is 27.4 Å². The Bertz CT molecular complexity index is 1000. The maximum atomic E-state index is 6.37. The first-order valence-electron chi connectivity index (χ1n) is 9.60. The van der Waals surface area contributed by atoms with Crippen molar-refractivity contribution in [3.8, 4) is 28.6 Å². The second-order valence-electron chi connectivity index (χ2n) is 6.79. The molecule has 0 aliphatic carbocycles. The van der Waals surface area contributed by atoms with Gasteiger partial charge in [-0.15, -0.1) is 0 Å². The highest BCUT2D eigenvalue weighted by Crippen LogP contribution is 2.37. The summed E-state index contributed by atoms with van der Waals surface area (Å²) in [6.45, 7) is 3.12. The zero-order valence-electron chi connectivity index (χ0n) is 16.9. The molecule has 1 fully saturated rings. The molecule has 2 N–H and O–H groups in total. The molecule has 9 heteroatoms. The van der Waals surface area contributed by atoms with Crippen molar-refractivity contribution in [3.63, 3.8) is 0 Å². The van der Waals surface area contributed by atoms with Crippen LogP contribution < -0.4 is 25.1 Å². The van der Waals surface area contributed by atoms with Gasteiger partial charge in [-0.2, -0.15) is 4.98 Å². The van der Waals surface area contributed by atoms with E-state index in [0.29, 0.717) is 47.1 Å². The van der Waals surface area contributed by atoms with Crippen molar-refractivity contribution in [2.24, 2.45) is 0 Å². The molecule has 1 aromatic heterocycles. The Labute approximate surface area is 179 Å². The van der Waals surface area contributed by atoms with Crippen molar-refractivity contribution < 1.29 is 18.7 Å². The molecule has 0 radical (unpaired) electrons. The zero-order chi connectivity index (χ0) is 21.1. The van der Waals surface area contributed by atoms with Gasteiger partial charge in [0.2, 0.25) is 11.7 Å². The maximum Gasteiger partial charge on any atom is 0.233 e. The van der Waals surface area contributed by atoms with E-state index in [4.69, 9.17) is 30.3 Å². The predicted molar refractivity (Wildman–Crippen MR) is 112 cm³/mol. The zero-order valence-corrected chi connectivity index (χ0v) is 17.7. The van der Waals surface area contributed by atoms with Gasteiger partial charge in [-0.3, -0.25) is 5.43 Å². The van der Waals surface area contributed by atoms with Crippen LogP contribution in [0.25, 0.3) is 11.4 Å². The summed E-state index contributed by atoms with van der Waals surface area (Å²) < 4.78 is 21.8. The third-order valence-corrected chi connectivity index (χ3v) is 5.26. The molecule has 0 spiro atoms. The second-order valence-corrected chi connectivity index (χ2v) is 7.20. The number of halogens is 1. The van der Waals surface area contributed by atoms with Gasteiger partial charge in [0.25, 0.3) is 0 Å².